The number of hydrogen-bond donors (Lipinski definition) is 1. The lowest BCUT2D eigenvalue weighted by atomic mass is 10.2. The van der Waals surface area contributed by atoms with E-state index in [0.29, 0.717) is 11.7 Å². The average molecular weight is 296 g/mol. The summed E-state index contributed by atoms with van der Waals surface area (Å²) in [5.74, 6) is 0.0388. The molecule has 1 aliphatic rings. The van der Waals surface area contributed by atoms with E-state index in [0.717, 1.165) is 37.6 Å². The first-order valence-corrected chi connectivity index (χ1v) is 8.15. The van der Waals surface area contributed by atoms with Gasteiger partial charge in [-0.15, -0.1) is 11.3 Å². The zero-order chi connectivity index (χ0) is 14.7. The Hall–Kier alpha value is -0.980. The number of nitrogens with zero attached hydrogens (tertiary/aromatic N) is 3. The van der Waals surface area contributed by atoms with Crippen molar-refractivity contribution in [2.24, 2.45) is 5.73 Å². The van der Waals surface area contributed by atoms with Crippen molar-refractivity contribution in [2.45, 2.75) is 39.3 Å². The largest absolute Gasteiger partial charge is 0.335 e. The van der Waals surface area contributed by atoms with Crippen molar-refractivity contribution in [1.82, 2.24) is 14.8 Å². The summed E-state index contributed by atoms with van der Waals surface area (Å²) in [6.45, 7) is 9.80. The molecule has 1 amide bonds. The summed E-state index contributed by atoms with van der Waals surface area (Å²) in [6, 6.07) is 0.486. The average Bonchev–Trinajstić information content (AvgIpc) is 2.96. The van der Waals surface area contributed by atoms with E-state index < -0.39 is 0 Å². The van der Waals surface area contributed by atoms with Gasteiger partial charge in [0.05, 0.1) is 6.04 Å². The van der Waals surface area contributed by atoms with Gasteiger partial charge in [0.15, 0.2) is 0 Å². The summed E-state index contributed by atoms with van der Waals surface area (Å²) >= 11 is 1.47. The van der Waals surface area contributed by atoms with Gasteiger partial charge in [-0.05, 0) is 20.3 Å². The highest BCUT2D eigenvalue weighted by molar-refractivity contribution is 7.09. The molecule has 112 valence electrons. The van der Waals surface area contributed by atoms with Crippen LogP contribution in [-0.4, -0.2) is 52.9 Å². The van der Waals surface area contributed by atoms with Gasteiger partial charge in [-0.3, -0.25) is 9.69 Å². The van der Waals surface area contributed by atoms with Crippen molar-refractivity contribution in [3.8, 4) is 0 Å². The molecule has 0 spiro atoms. The Morgan fingerprint density at radius 3 is 2.55 bits per heavy atom. The standard InChI is InChI=1S/C14H24N4OS/c1-4-10(2)17-5-7-18(8-6-17)14(19)12-9-20-13(16-12)11(3)15/h9-11H,4-8,15H2,1-3H3. The minimum atomic E-state index is -0.108. The number of rotatable bonds is 4. The second-order valence-electron chi connectivity index (χ2n) is 5.45. The van der Waals surface area contributed by atoms with E-state index in [-0.39, 0.29) is 11.9 Å². The molecule has 0 radical (unpaired) electrons. The van der Waals surface area contributed by atoms with Crippen LogP contribution in [0.15, 0.2) is 5.38 Å². The molecule has 20 heavy (non-hydrogen) atoms. The minimum Gasteiger partial charge on any atom is -0.335 e. The van der Waals surface area contributed by atoms with Crippen LogP contribution in [0, 0.1) is 0 Å². The lowest BCUT2D eigenvalue weighted by molar-refractivity contribution is 0.0575. The second-order valence-corrected chi connectivity index (χ2v) is 6.33. The number of nitrogens with two attached hydrogens (primary N) is 1. The van der Waals surface area contributed by atoms with Gasteiger partial charge in [-0.1, -0.05) is 6.92 Å². The maximum atomic E-state index is 12.4. The predicted molar refractivity (Wildman–Crippen MR) is 81.9 cm³/mol. The molecule has 1 aromatic rings. The number of amides is 1. The molecule has 1 fully saturated rings. The van der Waals surface area contributed by atoms with E-state index in [1.807, 2.05) is 17.2 Å². The number of aromatic nitrogens is 1. The fourth-order valence-electron chi connectivity index (χ4n) is 2.38. The molecule has 2 atom stereocenters. The molecule has 5 nitrogen and oxygen atoms in total. The number of hydrogen-bond acceptors (Lipinski definition) is 5. The van der Waals surface area contributed by atoms with E-state index in [4.69, 9.17) is 5.73 Å². The van der Waals surface area contributed by atoms with Crippen LogP contribution in [0.1, 0.15) is 48.7 Å². The van der Waals surface area contributed by atoms with E-state index >= 15 is 0 Å². The first-order chi connectivity index (χ1) is 9.52. The van der Waals surface area contributed by atoms with Crippen molar-refractivity contribution in [1.29, 1.82) is 0 Å². The zero-order valence-electron chi connectivity index (χ0n) is 12.5. The second kappa shape index (κ2) is 6.65. The first-order valence-electron chi connectivity index (χ1n) is 7.27. The molecule has 0 bridgehead atoms. The highest BCUT2D eigenvalue weighted by Gasteiger charge is 2.25. The van der Waals surface area contributed by atoms with Crippen LogP contribution in [0.4, 0.5) is 0 Å². The van der Waals surface area contributed by atoms with Gasteiger partial charge in [0.1, 0.15) is 10.7 Å². The first kappa shape index (κ1) is 15.4. The van der Waals surface area contributed by atoms with Crippen LogP contribution >= 0.6 is 11.3 Å². The van der Waals surface area contributed by atoms with Gasteiger partial charge in [0.25, 0.3) is 5.91 Å². The number of thiazole rings is 1. The quantitative estimate of drug-likeness (QED) is 0.919. The van der Waals surface area contributed by atoms with Gasteiger partial charge in [0, 0.05) is 37.6 Å². The van der Waals surface area contributed by atoms with Crippen molar-refractivity contribution >= 4 is 17.2 Å². The van der Waals surface area contributed by atoms with E-state index in [1.54, 1.807) is 0 Å². The molecule has 0 saturated carbocycles. The van der Waals surface area contributed by atoms with Gasteiger partial charge in [-0.25, -0.2) is 4.98 Å². The van der Waals surface area contributed by atoms with Crippen molar-refractivity contribution < 1.29 is 4.79 Å². The molecule has 1 saturated heterocycles. The molecule has 2 unspecified atom stereocenters. The highest BCUT2D eigenvalue weighted by Crippen LogP contribution is 2.18. The molecular weight excluding hydrogens is 272 g/mol. The van der Waals surface area contributed by atoms with Crippen LogP contribution in [0.2, 0.25) is 0 Å². The molecule has 0 aromatic carbocycles. The number of piperazine rings is 1. The maximum Gasteiger partial charge on any atom is 0.273 e. The summed E-state index contributed by atoms with van der Waals surface area (Å²) < 4.78 is 0. The summed E-state index contributed by atoms with van der Waals surface area (Å²) in [5.41, 5.74) is 6.33. The molecular formula is C14H24N4OS. The molecule has 1 aliphatic heterocycles. The lowest BCUT2D eigenvalue weighted by Gasteiger charge is -2.37. The normalized spacial score (nSPS) is 19.9. The predicted octanol–water partition coefficient (Wildman–Crippen LogP) is 1.72. The summed E-state index contributed by atoms with van der Waals surface area (Å²) in [7, 11) is 0. The highest BCUT2D eigenvalue weighted by atomic mass is 32.1. The molecule has 6 heteroatoms. The summed E-state index contributed by atoms with van der Waals surface area (Å²) in [4.78, 5) is 21.1. The Bertz CT molecular complexity index is 452. The Balaban J connectivity index is 1.94. The molecule has 0 aliphatic carbocycles. The third-order valence-corrected chi connectivity index (χ3v) is 4.99. The van der Waals surface area contributed by atoms with Gasteiger partial charge < -0.3 is 10.6 Å². The van der Waals surface area contributed by atoms with Gasteiger partial charge in [-0.2, -0.15) is 0 Å². The Kier molecular flexibility index (Phi) is 5.12. The fourth-order valence-corrected chi connectivity index (χ4v) is 3.13. The molecule has 1 aromatic heterocycles. The minimum absolute atomic E-state index is 0.0388. The molecule has 2 rings (SSSR count). The third kappa shape index (κ3) is 3.37. The summed E-state index contributed by atoms with van der Waals surface area (Å²) in [6.07, 6.45) is 1.15. The Morgan fingerprint density at radius 1 is 1.40 bits per heavy atom. The number of carbonyl (C=O) groups excluding carboxylic acids is 1. The van der Waals surface area contributed by atoms with Crippen LogP contribution < -0.4 is 5.73 Å². The third-order valence-electron chi connectivity index (χ3n) is 3.95. The van der Waals surface area contributed by atoms with Crippen molar-refractivity contribution in [2.75, 3.05) is 26.2 Å². The summed E-state index contributed by atoms with van der Waals surface area (Å²) in [5, 5.41) is 2.65. The smallest absolute Gasteiger partial charge is 0.273 e. The van der Waals surface area contributed by atoms with Crippen LogP contribution in [0.25, 0.3) is 0 Å². The van der Waals surface area contributed by atoms with Crippen LogP contribution in [0.5, 0.6) is 0 Å². The maximum absolute atomic E-state index is 12.4. The van der Waals surface area contributed by atoms with Crippen molar-refractivity contribution in [3.63, 3.8) is 0 Å². The van der Waals surface area contributed by atoms with Crippen molar-refractivity contribution in [3.05, 3.63) is 16.1 Å². The van der Waals surface area contributed by atoms with Gasteiger partial charge >= 0.3 is 0 Å². The van der Waals surface area contributed by atoms with Crippen LogP contribution in [-0.2, 0) is 0 Å². The topological polar surface area (TPSA) is 62.5 Å². The van der Waals surface area contributed by atoms with Crippen LogP contribution in [0.3, 0.4) is 0 Å². The Morgan fingerprint density at radius 2 is 2.05 bits per heavy atom. The van der Waals surface area contributed by atoms with E-state index in [9.17, 15) is 4.79 Å². The zero-order valence-corrected chi connectivity index (χ0v) is 13.3. The SMILES string of the molecule is CCC(C)N1CCN(C(=O)c2csc(C(C)N)n2)CC1. The van der Waals surface area contributed by atoms with E-state index in [1.165, 1.54) is 11.3 Å². The number of carbonyl (C=O) groups is 1. The van der Waals surface area contributed by atoms with E-state index in [2.05, 4.69) is 23.7 Å². The monoisotopic (exact) mass is 296 g/mol. The molecule has 2 heterocycles. The molecule has 2 N–H and O–H groups in total. The Labute approximate surface area is 124 Å². The fraction of sp³-hybridized carbons (Fsp3) is 0.714. The lowest BCUT2D eigenvalue weighted by Crippen LogP contribution is -2.51. The van der Waals surface area contributed by atoms with Gasteiger partial charge in [0.2, 0.25) is 0 Å².